The summed E-state index contributed by atoms with van der Waals surface area (Å²) in [5.41, 5.74) is 1.80. The lowest BCUT2D eigenvalue weighted by atomic mass is 10.1. The number of para-hydroxylation sites is 1. The van der Waals surface area contributed by atoms with Gasteiger partial charge in [-0.2, -0.15) is 0 Å². The standard InChI is InChI=1S/C21H23N3O5S/c1-5-29-20(27)19-13(3)22-21(30-19)23-16(25)9-10-24-17(26)11-12(2)14-7-6-8-15(28-4)18(14)24/h6-8,11H,5,9-10H2,1-4H3,(H,22,23,25). The third-order valence-electron chi connectivity index (χ3n) is 4.59. The van der Waals surface area contributed by atoms with E-state index in [9.17, 15) is 14.4 Å². The third-order valence-corrected chi connectivity index (χ3v) is 5.64. The number of carbonyl (C=O) groups is 2. The number of anilines is 1. The van der Waals surface area contributed by atoms with Crippen LogP contribution in [0.25, 0.3) is 10.9 Å². The van der Waals surface area contributed by atoms with Crippen molar-refractivity contribution in [2.45, 2.75) is 33.7 Å². The fraction of sp³-hybridized carbons (Fsp3) is 0.333. The first-order valence-corrected chi connectivity index (χ1v) is 10.3. The van der Waals surface area contributed by atoms with E-state index in [1.54, 1.807) is 33.1 Å². The highest BCUT2D eigenvalue weighted by Crippen LogP contribution is 2.27. The number of nitrogens with zero attached hydrogens (tertiary/aromatic N) is 2. The number of aromatic nitrogens is 2. The number of nitrogens with one attached hydrogen (secondary N) is 1. The molecule has 0 aliphatic rings. The highest BCUT2D eigenvalue weighted by molar-refractivity contribution is 7.17. The first-order valence-electron chi connectivity index (χ1n) is 9.47. The van der Waals surface area contributed by atoms with Gasteiger partial charge in [0.1, 0.15) is 10.6 Å². The Kier molecular flexibility index (Phi) is 6.51. The van der Waals surface area contributed by atoms with Crippen LogP contribution < -0.4 is 15.6 Å². The topological polar surface area (TPSA) is 99.5 Å². The molecule has 0 aliphatic carbocycles. The van der Waals surface area contributed by atoms with Gasteiger partial charge in [-0.15, -0.1) is 0 Å². The molecule has 0 fully saturated rings. The van der Waals surface area contributed by atoms with Crippen LogP contribution in [0.2, 0.25) is 0 Å². The summed E-state index contributed by atoms with van der Waals surface area (Å²) in [6.45, 7) is 5.72. The number of hydrogen-bond donors (Lipinski definition) is 1. The highest BCUT2D eigenvalue weighted by Gasteiger charge is 2.18. The molecule has 1 aromatic carbocycles. The van der Waals surface area contributed by atoms with Crippen LogP contribution in [0.15, 0.2) is 29.1 Å². The predicted octanol–water partition coefficient (Wildman–Crippen LogP) is 3.29. The Bertz CT molecular complexity index is 1170. The predicted molar refractivity (Wildman–Crippen MR) is 116 cm³/mol. The number of amides is 1. The van der Waals surface area contributed by atoms with Crippen LogP contribution in [-0.2, 0) is 16.1 Å². The molecule has 2 aromatic heterocycles. The van der Waals surface area contributed by atoms with Crippen LogP contribution in [0.5, 0.6) is 5.75 Å². The van der Waals surface area contributed by atoms with Crippen molar-refractivity contribution in [3.8, 4) is 5.75 Å². The van der Waals surface area contributed by atoms with Gasteiger partial charge in [-0.3, -0.25) is 9.59 Å². The van der Waals surface area contributed by atoms with Gasteiger partial charge in [0.05, 0.1) is 24.9 Å². The molecule has 1 amide bonds. The maximum Gasteiger partial charge on any atom is 0.350 e. The Labute approximate surface area is 177 Å². The molecule has 9 heteroatoms. The van der Waals surface area contributed by atoms with E-state index >= 15 is 0 Å². The molecule has 158 valence electrons. The van der Waals surface area contributed by atoms with E-state index in [2.05, 4.69) is 10.3 Å². The van der Waals surface area contributed by atoms with Crippen molar-refractivity contribution >= 4 is 39.2 Å². The van der Waals surface area contributed by atoms with E-state index in [0.29, 0.717) is 27.0 Å². The van der Waals surface area contributed by atoms with Gasteiger partial charge in [-0.1, -0.05) is 23.5 Å². The Balaban J connectivity index is 1.79. The Hall–Kier alpha value is -3.20. The smallest absolute Gasteiger partial charge is 0.350 e. The number of methoxy groups -OCH3 is 1. The largest absolute Gasteiger partial charge is 0.495 e. The fourth-order valence-electron chi connectivity index (χ4n) is 3.19. The summed E-state index contributed by atoms with van der Waals surface area (Å²) < 4.78 is 12.0. The van der Waals surface area contributed by atoms with Crippen molar-refractivity contribution in [1.29, 1.82) is 0 Å². The van der Waals surface area contributed by atoms with E-state index < -0.39 is 5.97 Å². The zero-order valence-electron chi connectivity index (χ0n) is 17.3. The molecule has 0 saturated heterocycles. The minimum absolute atomic E-state index is 0.0590. The van der Waals surface area contributed by atoms with Gasteiger partial charge in [0.2, 0.25) is 5.91 Å². The molecule has 8 nitrogen and oxygen atoms in total. The molecule has 3 rings (SSSR count). The molecule has 3 aromatic rings. The van der Waals surface area contributed by atoms with Gasteiger partial charge in [-0.05, 0) is 32.4 Å². The van der Waals surface area contributed by atoms with Crippen LogP contribution in [0, 0.1) is 13.8 Å². The summed E-state index contributed by atoms with van der Waals surface area (Å²) in [6.07, 6.45) is 0.0590. The summed E-state index contributed by atoms with van der Waals surface area (Å²) in [6, 6.07) is 7.11. The Morgan fingerprint density at radius 3 is 2.73 bits per heavy atom. The molecule has 0 unspecified atom stereocenters. The van der Waals surface area contributed by atoms with Gasteiger partial charge in [0, 0.05) is 24.4 Å². The van der Waals surface area contributed by atoms with Crippen molar-refractivity contribution < 1.29 is 19.1 Å². The van der Waals surface area contributed by atoms with Crippen LogP contribution in [0.3, 0.4) is 0 Å². The minimum Gasteiger partial charge on any atom is -0.495 e. The lowest BCUT2D eigenvalue weighted by Gasteiger charge is -2.14. The van der Waals surface area contributed by atoms with E-state index in [0.717, 1.165) is 22.3 Å². The lowest BCUT2D eigenvalue weighted by molar-refractivity contribution is -0.116. The van der Waals surface area contributed by atoms with Crippen LogP contribution in [-0.4, -0.2) is 35.1 Å². The van der Waals surface area contributed by atoms with Crippen LogP contribution in [0.4, 0.5) is 5.13 Å². The maximum absolute atomic E-state index is 12.6. The Morgan fingerprint density at radius 2 is 2.03 bits per heavy atom. The van der Waals surface area contributed by atoms with Gasteiger partial charge in [0.25, 0.3) is 5.56 Å². The first-order chi connectivity index (χ1) is 14.3. The second-order valence-corrected chi connectivity index (χ2v) is 7.62. The van der Waals surface area contributed by atoms with E-state index in [-0.39, 0.29) is 31.0 Å². The van der Waals surface area contributed by atoms with E-state index in [1.165, 1.54) is 4.57 Å². The molecule has 0 saturated carbocycles. The van der Waals surface area contributed by atoms with Crippen molar-refractivity contribution in [2.75, 3.05) is 19.0 Å². The number of rotatable bonds is 7. The normalized spacial score (nSPS) is 10.8. The molecule has 0 aliphatic heterocycles. The number of carbonyl (C=O) groups excluding carboxylic acids is 2. The molecular formula is C21H23N3O5S. The molecule has 0 atom stereocenters. The maximum atomic E-state index is 12.6. The molecular weight excluding hydrogens is 406 g/mol. The average molecular weight is 429 g/mol. The summed E-state index contributed by atoms with van der Waals surface area (Å²) in [7, 11) is 1.55. The first kappa shape index (κ1) is 21.5. The lowest BCUT2D eigenvalue weighted by Crippen LogP contribution is -2.24. The summed E-state index contributed by atoms with van der Waals surface area (Å²) in [5, 5.41) is 3.90. The number of fused-ring (bicyclic) bond motifs is 1. The van der Waals surface area contributed by atoms with Crippen molar-refractivity contribution in [3.63, 3.8) is 0 Å². The second-order valence-electron chi connectivity index (χ2n) is 6.63. The summed E-state index contributed by atoms with van der Waals surface area (Å²) in [5.74, 6) is -0.198. The van der Waals surface area contributed by atoms with Crippen molar-refractivity contribution in [2.24, 2.45) is 0 Å². The number of ether oxygens (including phenoxy) is 2. The zero-order valence-corrected chi connectivity index (χ0v) is 18.1. The number of pyridine rings is 1. The SMILES string of the molecule is CCOC(=O)c1sc(NC(=O)CCn2c(=O)cc(C)c3cccc(OC)c32)nc1C. The average Bonchev–Trinajstić information content (AvgIpc) is 3.07. The number of thiazole rings is 1. The molecule has 1 N–H and O–H groups in total. The molecule has 0 radical (unpaired) electrons. The van der Waals surface area contributed by atoms with Gasteiger partial charge in [0.15, 0.2) is 5.13 Å². The summed E-state index contributed by atoms with van der Waals surface area (Å²) in [4.78, 5) is 41.5. The summed E-state index contributed by atoms with van der Waals surface area (Å²) >= 11 is 1.07. The number of benzene rings is 1. The van der Waals surface area contributed by atoms with Crippen molar-refractivity contribution in [1.82, 2.24) is 9.55 Å². The molecule has 30 heavy (non-hydrogen) atoms. The quantitative estimate of drug-likeness (QED) is 0.579. The molecule has 0 spiro atoms. The number of esters is 1. The third kappa shape index (κ3) is 4.35. The second kappa shape index (κ2) is 9.08. The van der Waals surface area contributed by atoms with Crippen LogP contribution in [0.1, 0.15) is 34.3 Å². The van der Waals surface area contributed by atoms with E-state index in [1.807, 2.05) is 19.1 Å². The van der Waals surface area contributed by atoms with Crippen molar-refractivity contribution in [3.05, 3.63) is 50.8 Å². The van der Waals surface area contributed by atoms with Gasteiger partial charge in [-0.25, -0.2) is 9.78 Å². The van der Waals surface area contributed by atoms with Gasteiger partial charge >= 0.3 is 5.97 Å². The fourth-order valence-corrected chi connectivity index (χ4v) is 4.06. The highest BCUT2D eigenvalue weighted by atomic mass is 32.1. The van der Waals surface area contributed by atoms with E-state index in [4.69, 9.17) is 9.47 Å². The molecule has 0 bridgehead atoms. The Morgan fingerprint density at radius 1 is 1.27 bits per heavy atom. The van der Waals surface area contributed by atoms with Gasteiger partial charge < -0.3 is 19.4 Å². The molecule has 2 heterocycles. The number of hydrogen-bond acceptors (Lipinski definition) is 7. The monoisotopic (exact) mass is 429 g/mol. The van der Waals surface area contributed by atoms with Crippen LogP contribution >= 0.6 is 11.3 Å². The zero-order chi connectivity index (χ0) is 21.8. The minimum atomic E-state index is -0.460. The number of aryl methyl sites for hydroxylation is 3.